The third kappa shape index (κ3) is 4.68. The highest BCUT2D eigenvalue weighted by Gasteiger charge is 2.32. The summed E-state index contributed by atoms with van der Waals surface area (Å²) in [6.07, 6.45) is 0. The molecule has 0 aliphatic carbocycles. The Hall–Kier alpha value is -3.35. The average molecular weight is 384 g/mol. The van der Waals surface area contributed by atoms with Crippen LogP contribution < -0.4 is 15.4 Å². The van der Waals surface area contributed by atoms with Crippen LogP contribution in [0.15, 0.2) is 48.5 Å². The molecule has 2 aromatic carbocycles. The number of hydrogen-bond acceptors (Lipinski definition) is 4. The number of ether oxygens (including phenoxy) is 1. The van der Waals surface area contributed by atoms with Gasteiger partial charge in [-0.1, -0.05) is 18.2 Å². The van der Waals surface area contributed by atoms with Gasteiger partial charge in [-0.25, -0.2) is 0 Å². The summed E-state index contributed by atoms with van der Waals surface area (Å²) in [6.45, 7) is 4.99. The Bertz CT molecular complexity index is 875. The van der Waals surface area contributed by atoms with Crippen molar-refractivity contribution in [3.63, 3.8) is 0 Å². The minimum atomic E-state index is -1.11. The van der Waals surface area contributed by atoms with Gasteiger partial charge in [-0.3, -0.25) is 14.4 Å². The van der Waals surface area contributed by atoms with Gasteiger partial charge >= 0.3 is 5.97 Å². The molecule has 0 bridgehead atoms. The second kappa shape index (κ2) is 8.56. The Morgan fingerprint density at radius 1 is 1.04 bits per heavy atom. The minimum absolute atomic E-state index is 0.228. The van der Waals surface area contributed by atoms with Crippen LogP contribution in [0.2, 0.25) is 0 Å². The molecule has 0 fully saturated rings. The van der Waals surface area contributed by atoms with E-state index in [-0.39, 0.29) is 5.91 Å². The highest BCUT2D eigenvalue weighted by molar-refractivity contribution is 6.00. The summed E-state index contributed by atoms with van der Waals surface area (Å²) < 4.78 is 5.36. The van der Waals surface area contributed by atoms with Crippen LogP contribution in [0.1, 0.15) is 36.7 Å². The number of carboxylic acid groups (broad SMARTS) is 1. The number of methoxy groups -OCH3 is 1. The molecule has 0 spiro atoms. The molecule has 148 valence electrons. The molecule has 7 heteroatoms. The van der Waals surface area contributed by atoms with Crippen molar-refractivity contribution in [1.29, 1.82) is 0 Å². The van der Waals surface area contributed by atoms with E-state index in [9.17, 15) is 14.4 Å². The lowest BCUT2D eigenvalue weighted by Gasteiger charge is -2.26. The summed E-state index contributed by atoms with van der Waals surface area (Å²) in [5.41, 5.74) is 0.735. The van der Waals surface area contributed by atoms with Crippen LogP contribution in [-0.2, 0) is 15.0 Å². The van der Waals surface area contributed by atoms with Crippen molar-refractivity contribution in [1.82, 2.24) is 5.32 Å². The lowest BCUT2D eigenvalue weighted by molar-refractivity contribution is -0.138. The molecule has 2 aromatic rings. The molecule has 1 unspecified atom stereocenters. The van der Waals surface area contributed by atoms with Crippen LogP contribution in [-0.4, -0.2) is 36.0 Å². The summed E-state index contributed by atoms with van der Waals surface area (Å²) in [5, 5.41) is 14.1. The zero-order valence-electron chi connectivity index (χ0n) is 16.3. The maximum atomic E-state index is 12.8. The van der Waals surface area contributed by atoms with E-state index in [1.54, 1.807) is 39.2 Å². The molecule has 0 saturated heterocycles. The summed E-state index contributed by atoms with van der Waals surface area (Å²) in [4.78, 5) is 35.7. The van der Waals surface area contributed by atoms with Gasteiger partial charge in [0.2, 0.25) is 5.91 Å². The SMILES string of the molecule is COc1ccccc1C(C)(C)C(=O)Nc1ccc(C(=O)NC(C)C(=O)O)cc1. The first-order valence-corrected chi connectivity index (χ1v) is 8.75. The fourth-order valence-electron chi connectivity index (χ4n) is 2.62. The number of anilines is 1. The molecule has 2 amide bonds. The number of carbonyl (C=O) groups is 3. The molecule has 2 rings (SSSR count). The number of rotatable bonds is 7. The summed E-state index contributed by atoms with van der Waals surface area (Å²) >= 11 is 0. The van der Waals surface area contributed by atoms with Crippen LogP contribution in [0.3, 0.4) is 0 Å². The molecule has 0 aliphatic rings. The first-order valence-electron chi connectivity index (χ1n) is 8.75. The van der Waals surface area contributed by atoms with Crippen molar-refractivity contribution in [3.8, 4) is 5.75 Å². The molecular weight excluding hydrogens is 360 g/mol. The Labute approximate surface area is 163 Å². The predicted octanol–water partition coefficient (Wildman–Crippen LogP) is 2.81. The van der Waals surface area contributed by atoms with Crippen LogP contribution in [0.25, 0.3) is 0 Å². The van der Waals surface area contributed by atoms with E-state index in [1.165, 1.54) is 19.1 Å². The van der Waals surface area contributed by atoms with Crippen molar-refractivity contribution in [3.05, 3.63) is 59.7 Å². The Morgan fingerprint density at radius 2 is 1.64 bits per heavy atom. The number of carbonyl (C=O) groups excluding carboxylic acids is 2. The third-order valence-electron chi connectivity index (χ3n) is 4.47. The van der Waals surface area contributed by atoms with E-state index in [4.69, 9.17) is 9.84 Å². The van der Waals surface area contributed by atoms with Crippen LogP contribution in [0, 0.1) is 0 Å². The number of benzene rings is 2. The van der Waals surface area contributed by atoms with Gasteiger partial charge in [-0.15, -0.1) is 0 Å². The Morgan fingerprint density at radius 3 is 2.21 bits per heavy atom. The van der Waals surface area contributed by atoms with Crippen LogP contribution in [0.4, 0.5) is 5.69 Å². The average Bonchev–Trinajstić information content (AvgIpc) is 2.68. The second-order valence-electron chi connectivity index (χ2n) is 6.89. The molecule has 3 N–H and O–H groups in total. The molecule has 0 aliphatic heterocycles. The number of nitrogens with one attached hydrogen (secondary N) is 2. The number of amides is 2. The van der Waals surface area contributed by atoms with E-state index in [0.29, 0.717) is 17.0 Å². The lowest BCUT2D eigenvalue weighted by Crippen LogP contribution is -2.38. The molecule has 7 nitrogen and oxygen atoms in total. The van der Waals surface area contributed by atoms with Gasteiger partial charge in [0, 0.05) is 16.8 Å². The van der Waals surface area contributed by atoms with Gasteiger partial charge in [0.1, 0.15) is 11.8 Å². The van der Waals surface area contributed by atoms with Crippen LogP contribution >= 0.6 is 0 Å². The highest BCUT2D eigenvalue weighted by atomic mass is 16.5. The third-order valence-corrected chi connectivity index (χ3v) is 4.47. The standard InChI is InChI=1S/C21H24N2O5/c1-13(19(25)26)22-18(24)14-9-11-15(12-10-14)23-20(27)21(2,3)16-7-5-6-8-17(16)28-4/h5-13H,1-4H3,(H,22,24)(H,23,27)(H,25,26). The smallest absolute Gasteiger partial charge is 0.325 e. The first kappa shape index (κ1) is 21.0. The van der Waals surface area contributed by atoms with Crippen molar-refractivity contribution in [2.45, 2.75) is 32.2 Å². The molecule has 0 aromatic heterocycles. The minimum Gasteiger partial charge on any atom is -0.496 e. The number of carboxylic acids is 1. The van der Waals surface area contributed by atoms with Crippen molar-refractivity contribution in [2.75, 3.05) is 12.4 Å². The van der Waals surface area contributed by atoms with Crippen LogP contribution in [0.5, 0.6) is 5.75 Å². The van der Waals surface area contributed by atoms with Gasteiger partial charge in [0.15, 0.2) is 0 Å². The Balaban J connectivity index is 2.12. The summed E-state index contributed by atoms with van der Waals surface area (Å²) in [5.74, 6) is -1.21. The van der Waals surface area contributed by atoms with E-state index in [1.807, 2.05) is 18.2 Å². The van der Waals surface area contributed by atoms with Gasteiger partial charge in [-0.2, -0.15) is 0 Å². The number of aliphatic carboxylic acids is 1. The van der Waals surface area contributed by atoms with E-state index in [0.717, 1.165) is 5.56 Å². The Kier molecular flexibility index (Phi) is 6.41. The van der Waals surface area contributed by atoms with E-state index < -0.39 is 23.3 Å². The molecule has 1 atom stereocenters. The van der Waals surface area contributed by atoms with E-state index in [2.05, 4.69) is 10.6 Å². The lowest BCUT2D eigenvalue weighted by atomic mass is 9.83. The largest absolute Gasteiger partial charge is 0.496 e. The second-order valence-corrected chi connectivity index (χ2v) is 6.89. The number of hydrogen-bond donors (Lipinski definition) is 3. The maximum Gasteiger partial charge on any atom is 0.325 e. The van der Waals surface area contributed by atoms with Gasteiger partial charge in [0.25, 0.3) is 5.91 Å². The summed E-state index contributed by atoms with van der Waals surface area (Å²) in [7, 11) is 1.56. The van der Waals surface area contributed by atoms with Gasteiger partial charge in [0.05, 0.1) is 12.5 Å². The van der Waals surface area contributed by atoms with Gasteiger partial charge < -0.3 is 20.5 Å². The predicted molar refractivity (Wildman–Crippen MR) is 106 cm³/mol. The van der Waals surface area contributed by atoms with Gasteiger partial charge in [-0.05, 0) is 51.1 Å². The normalized spacial score (nSPS) is 12.0. The monoisotopic (exact) mass is 384 g/mol. The molecular formula is C21H24N2O5. The zero-order chi connectivity index (χ0) is 20.9. The highest BCUT2D eigenvalue weighted by Crippen LogP contribution is 2.32. The van der Waals surface area contributed by atoms with Crippen molar-refractivity contribution >= 4 is 23.5 Å². The fourth-order valence-corrected chi connectivity index (χ4v) is 2.62. The fraction of sp³-hybridized carbons (Fsp3) is 0.286. The van der Waals surface area contributed by atoms with E-state index >= 15 is 0 Å². The van der Waals surface area contributed by atoms with Crippen molar-refractivity contribution < 1.29 is 24.2 Å². The maximum absolute atomic E-state index is 12.8. The van der Waals surface area contributed by atoms with Crippen molar-refractivity contribution in [2.24, 2.45) is 0 Å². The zero-order valence-corrected chi connectivity index (χ0v) is 16.3. The topological polar surface area (TPSA) is 105 Å². The number of para-hydroxylation sites is 1. The quantitative estimate of drug-likeness (QED) is 0.681. The molecule has 28 heavy (non-hydrogen) atoms. The first-order chi connectivity index (χ1) is 13.2. The molecule has 0 radical (unpaired) electrons. The molecule has 0 heterocycles. The molecule has 0 saturated carbocycles. The summed E-state index contributed by atoms with van der Waals surface area (Å²) in [6, 6.07) is 12.6.